The van der Waals surface area contributed by atoms with Crippen LogP contribution < -0.4 is 10.6 Å². The molecule has 20 heavy (non-hydrogen) atoms. The molecular formula is C13H9Cl3N2OS. The summed E-state index contributed by atoms with van der Waals surface area (Å²) < 4.78 is 0. The summed E-state index contributed by atoms with van der Waals surface area (Å²) in [5, 5.41) is 16.7. The van der Waals surface area contributed by atoms with Crippen molar-refractivity contribution in [2.75, 3.05) is 10.6 Å². The van der Waals surface area contributed by atoms with Gasteiger partial charge in [-0.25, -0.2) is 0 Å². The standard InChI is InChI=1S/C13H9Cl3N2OS/c14-7-1-3-8(4-2-7)17-13(20)18-9-5-10(15)12(19)11(16)6-9/h1-6,19H,(H2,17,18,20). The Morgan fingerprint density at radius 1 is 0.900 bits per heavy atom. The van der Waals surface area contributed by atoms with Crippen LogP contribution in [0, 0.1) is 0 Å². The maximum Gasteiger partial charge on any atom is 0.175 e. The maximum absolute atomic E-state index is 9.47. The summed E-state index contributed by atoms with van der Waals surface area (Å²) >= 11 is 22.6. The Labute approximate surface area is 136 Å². The van der Waals surface area contributed by atoms with Gasteiger partial charge in [0.2, 0.25) is 0 Å². The first kappa shape index (κ1) is 15.2. The van der Waals surface area contributed by atoms with Crippen LogP contribution in [0.4, 0.5) is 11.4 Å². The van der Waals surface area contributed by atoms with Crippen LogP contribution in [0.15, 0.2) is 36.4 Å². The van der Waals surface area contributed by atoms with Gasteiger partial charge in [-0.2, -0.15) is 0 Å². The van der Waals surface area contributed by atoms with Gasteiger partial charge in [-0.3, -0.25) is 0 Å². The van der Waals surface area contributed by atoms with Gasteiger partial charge in [0.25, 0.3) is 0 Å². The van der Waals surface area contributed by atoms with Gasteiger partial charge in [-0.1, -0.05) is 34.8 Å². The van der Waals surface area contributed by atoms with Crippen LogP contribution in [-0.4, -0.2) is 10.2 Å². The first-order valence-corrected chi connectivity index (χ1v) is 7.01. The minimum atomic E-state index is -0.157. The van der Waals surface area contributed by atoms with Gasteiger partial charge in [0.15, 0.2) is 10.9 Å². The molecule has 0 radical (unpaired) electrons. The Morgan fingerprint density at radius 3 is 1.95 bits per heavy atom. The van der Waals surface area contributed by atoms with Gasteiger partial charge in [0, 0.05) is 16.4 Å². The van der Waals surface area contributed by atoms with Crippen molar-refractivity contribution in [1.29, 1.82) is 0 Å². The van der Waals surface area contributed by atoms with Crippen molar-refractivity contribution in [3.8, 4) is 5.75 Å². The van der Waals surface area contributed by atoms with E-state index in [1.807, 2.05) is 0 Å². The lowest BCUT2D eigenvalue weighted by Crippen LogP contribution is -2.18. The van der Waals surface area contributed by atoms with E-state index >= 15 is 0 Å². The molecule has 2 aromatic carbocycles. The van der Waals surface area contributed by atoms with Crippen molar-refractivity contribution in [3.05, 3.63) is 51.5 Å². The molecule has 0 bridgehead atoms. The number of thiocarbonyl (C=S) groups is 1. The van der Waals surface area contributed by atoms with Crippen LogP contribution in [0.1, 0.15) is 0 Å². The number of phenolic OH excluding ortho intramolecular Hbond substituents is 1. The van der Waals surface area contributed by atoms with Crippen molar-refractivity contribution < 1.29 is 5.11 Å². The molecule has 3 N–H and O–H groups in total. The Bertz CT molecular complexity index is 624. The average Bonchev–Trinajstić information content (AvgIpc) is 2.38. The number of hydrogen-bond acceptors (Lipinski definition) is 2. The van der Waals surface area contributed by atoms with Crippen molar-refractivity contribution >= 4 is 63.5 Å². The average molecular weight is 348 g/mol. The predicted octanol–water partition coefficient (Wildman–Crippen LogP) is 5.16. The van der Waals surface area contributed by atoms with Gasteiger partial charge in [0.05, 0.1) is 10.0 Å². The third-order valence-corrected chi connectivity index (χ3v) is 3.41. The van der Waals surface area contributed by atoms with E-state index in [4.69, 9.17) is 47.0 Å². The normalized spacial score (nSPS) is 10.2. The zero-order valence-electron chi connectivity index (χ0n) is 9.95. The van der Waals surface area contributed by atoms with Crippen molar-refractivity contribution in [1.82, 2.24) is 0 Å². The highest BCUT2D eigenvalue weighted by Gasteiger charge is 2.07. The fourth-order valence-corrected chi connectivity index (χ4v) is 2.31. The first-order chi connectivity index (χ1) is 9.45. The fourth-order valence-electron chi connectivity index (χ4n) is 1.46. The van der Waals surface area contributed by atoms with E-state index in [1.54, 1.807) is 24.3 Å². The second-order valence-electron chi connectivity index (χ2n) is 3.87. The molecule has 0 amide bonds. The largest absolute Gasteiger partial charge is 0.505 e. The van der Waals surface area contributed by atoms with Gasteiger partial charge in [-0.05, 0) is 48.6 Å². The lowest BCUT2D eigenvalue weighted by molar-refractivity contribution is 0.476. The van der Waals surface area contributed by atoms with Gasteiger partial charge in [0.1, 0.15) is 0 Å². The molecule has 2 aromatic rings. The van der Waals surface area contributed by atoms with E-state index in [0.29, 0.717) is 15.8 Å². The molecule has 0 fully saturated rings. The molecule has 0 spiro atoms. The number of aromatic hydroxyl groups is 1. The van der Waals surface area contributed by atoms with Crippen molar-refractivity contribution in [3.63, 3.8) is 0 Å². The van der Waals surface area contributed by atoms with Gasteiger partial charge >= 0.3 is 0 Å². The highest BCUT2D eigenvalue weighted by Crippen LogP contribution is 2.34. The van der Waals surface area contributed by atoms with Crippen LogP contribution in [0.3, 0.4) is 0 Å². The molecule has 0 saturated carbocycles. The third-order valence-electron chi connectivity index (χ3n) is 2.38. The second-order valence-corrected chi connectivity index (χ2v) is 5.53. The van der Waals surface area contributed by atoms with Crippen LogP contribution in [0.25, 0.3) is 0 Å². The molecule has 0 unspecified atom stereocenters. The molecular weight excluding hydrogens is 339 g/mol. The molecule has 3 nitrogen and oxygen atoms in total. The number of nitrogens with one attached hydrogen (secondary N) is 2. The summed E-state index contributed by atoms with van der Waals surface area (Å²) in [6, 6.07) is 10.2. The number of hydrogen-bond donors (Lipinski definition) is 3. The summed E-state index contributed by atoms with van der Waals surface area (Å²) in [6.07, 6.45) is 0. The van der Waals surface area contributed by atoms with E-state index in [-0.39, 0.29) is 15.8 Å². The molecule has 0 aliphatic rings. The summed E-state index contributed by atoms with van der Waals surface area (Å²) in [4.78, 5) is 0. The highest BCUT2D eigenvalue weighted by atomic mass is 35.5. The number of benzene rings is 2. The lowest BCUT2D eigenvalue weighted by atomic mass is 10.3. The summed E-state index contributed by atoms with van der Waals surface area (Å²) in [5.74, 6) is -0.157. The van der Waals surface area contributed by atoms with E-state index in [9.17, 15) is 5.11 Å². The lowest BCUT2D eigenvalue weighted by Gasteiger charge is -2.12. The fraction of sp³-hybridized carbons (Fsp3) is 0. The topological polar surface area (TPSA) is 44.3 Å². The summed E-state index contributed by atoms with van der Waals surface area (Å²) in [5.41, 5.74) is 1.37. The summed E-state index contributed by atoms with van der Waals surface area (Å²) in [7, 11) is 0. The Kier molecular flexibility index (Phi) is 4.94. The zero-order valence-corrected chi connectivity index (χ0v) is 13.0. The van der Waals surface area contributed by atoms with Gasteiger partial charge in [-0.15, -0.1) is 0 Å². The van der Waals surface area contributed by atoms with E-state index in [2.05, 4.69) is 10.6 Å². The van der Waals surface area contributed by atoms with Gasteiger partial charge < -0.3 is 15.7 Å². The molecule has 0 saturated heterocycles. The molecule has 0 aliphatic heterocycles. The molecule has 0 aliphatic carbocycles. The van der Waals surface area contributed by atoms with Crippen LogP contribution >= 0.6 is 47.0 Å². The van der Waals surface area contributed by atoms with Crippen LogP contribution in [-0.2, 0) is 0 Å². The molecule has 0 aromatic heterocycles. The molecule has 104 valence electrons. The predicted molar refractivity (Wildman–Crippen MR) is 89.4 cm³/mol. The molecule has 2 rings (SSSR count). The van der Waals surface area contributed by atoms with Crippen molar-refractivity contribution in [2.24, 2.45) is 0 Å². The van der Waals surface area contributed by atoms with Crippen LogP contribution in [0.2, 0.25) is 15.1 Å². The van der Waals surface area contributed by atoms with Crippen LogP contribution in [0.5, 0.6) is 5.75 Å². The number of halogens is 3. The highest BCUT2D eigenvalue weighted by molar-refractivity contribution is 7.80. The number of anilines is 2. The molecule has 7 heteroatoms. The SMILES string of the molecule is Oc1c(Cl)cc(NC(=S)Nc2ccc(Cl)cc2)cc1Cl. The summed E-state index contributed by atoms with van der Waals surface area (Å²) in [6.45, 7) is 0. The number of phenols is 1. The Morgan fingerprint density at radius 2 is 1.40 bits per heavy atom. The molecule has 0 heterocycles. The number of rotatable bonds is 2. The first-order valence-electron chi connectivity index (χ1n) is 5.47. The van der Waals surface area contributed by atoms with E-state index < -0.39 is 0 Å². The smallest absolute Gasteiger partial charge is 0.175 e. The second kappa shape index (κ2) is 6.50. The van der Waals surface area contributed by atoms with E-state index in [1.165, 1.54) is 12.1 Å². The minimum Gasteiger partial charge on any atom is -0.505 e. The van der Waals surface area contributed by atoms with E-state index in [0.717, 1.165) is 5.69 Å². The quantitative estimate of drug-likeness (QED) is 0.518. The monoisotopic (exact) mass is 346 g/mol. The molecule has 0 atom stereocenters. The third kappa shape index (κ3) is 3.90. The van der Waals surface area contributed by atoms with Crippen molar-refractivity contribution in [2.45, 2.75) is 0 Å². The Balaban J connectivity index is 2.06. The maximum atomic E-state index is 9.47. The Hall–Kier alpha value is -1.20. The zero-order chi connectivity index (χ0) is 14.7. The minimum absolute atomic E-state index is 0.147.